The molecule has 2 atom stereocenters. The minimum absolute atomic E-state index is 0.0711. The van der Waals surface area contributed by atoms with Crippen LogP contribution in [0.15, 0.2) is 35.3 Å². The third-order valence-electron chi connectivity index (χ3n) is 6.30. The maximum atomic E-state index is 12.1. The van der Waals surface area contributed by atoms with Crippen molar-refractivity contribution in [2.24, 2.45) is 0 Å². The molecule has 1 aliphatic carbocycles. The van der Waals surface area contributed by atoms with E-state index < -0.39 is 0 Å². The van der Waals surface area contributed by atoms with Crippen LogP contribution in [0.1, 0.15) is 49.1 Å². The second-order valence-corrected chi connectivity index (χ2v) is 7.79. The lowest BCUT2D eigenvalue weighted by molar-refractivity contribution is 0.186. The van der Waals surface area contributed by atoms with Crippen LogP contribution in [-0.2, 0) is 6.42 Å². The van der Waals surface area contributed by atoms with Crippen LogP contribution in [0, 0.1) is 11.3 Å². The summed E-state index contributed by atoms with van der Waals surface area (Å²) < 4.78 is 0. The Morgan fingerprint density at radius 1 is 1.21 bits per heavy atom. The highest BCUT2D eigenvalue weighted by Gasteiger charge is 2.32. The molecule has 2 aromatic rings. The lowest BCUT2D eigenvalue weighted by Crippen LogP contribution is -2.50. The largest absolute Gasteiger partial charge is 0.367 e. The van der Waals surface area contributed by atoms with Gasteiger partial charge in [0.2, 0.25) is 0 Å². The molecule has 1 saturated heterocycles. The summed E-state index contributed by atoms with van der Waals surface area (Å²) in [4.78, 5) is 24.3. The summed E-state index contributed by atoms with van der Waals surface area (Å²) in [5.74, 6) is 0.449. The van der Waals surface area contributed by atoms with Crippen LogP contribution < -0.4 is 10.5 Å². The fourth-order valence-electron chi connectivity index (χ4n) is 4.67. The Morgan fingerprint density at radius 3 is 2.75 bits per heavy atom. The van der Waals surface area contributed by atoms with Crippen molar-refractivity contribution in [3.63, 3.8) is 0 Å². The molecule has 1 N–H and O–H groups in total. The highest BCUT2D eigenvalue weighted by Crippen LogP contribution is 2.36. The van der Waals surface area contributed by atoms with Crippen molar-refractivity contribution >= 4 is 5.69 Å². The molecule has 2 aliphatic rings. The molecule has 6 heteroatoms. The Labute approximate surface area is 165 Å². The van der Waals surface area contributed by atoms with Crippen molar-refractivity contribution in [2.45, 2.75) is 44.6 Å². The van der Waals surface area contributed by atoms with Crippen LogP contribution in [-0.4, -0.2) is 47.1 Å². The molecule has 2 fully saturated rings. The number of aromatic amines is 1. The van der Waals surface area contributed by atoms with Gasteiger partial charge in [-0.1, -0.05) is 13.0 Å². The second-order valence-electron chi connectivity index (χ2n) is 7.79. The number of H-pyrrole nitrogens is 1. The SMILES string of the molecule is CCc1ccc([C@@H]2CCC(N3CCN(c4cccnc4C#N)CC3)C2)[nH]c1=O. The van der Waals surface area contributed by atoms with Crippen LogP contribution >= 0.6 is 0 Å². The number of piperazine rings is 1. The van der Waals surface area contributed by atoms with Crippen molar-refractivity contribution in [1.29, 1.82) is 5.26 Å². The van der Waals surface area contributed by atoms with E-state index >= 15 is 0 Å². The van der Waals surface area contributed by atoms with Gasteiger partial charge < -0.3 is 9.88 Å². The summed E-state index contributed by atoms with van der Waals surface area (Å²) in [6, 6.07) is 10.8. The standard InChI is InChI=1S/C22H27N5O/c1-2-16-6-8-19(25-22(16)28)17-5-7-18(14-17)26-10-12-27(13-11-26)21-4-3-9-24-20(21)15-23/h3-4,6,8-9,17-18H,2,5,7,10-14H2,1H3,(H,25,28)/t17-,18?/m1/s1. The van der Waals surface area contributed by atoms with Crippen molar-refractivity contribution < 1.29 is 0 Å². The number of aromatic nitrogens is 2. The van der Waals surface area contributed by atoms with Gasteiger partial charge in [0.1, 0.15) is 6.07 Å². The number of pyridine rings is 2. The third-order valence-corrected chi connectivity index (χ3v) is 6.30. The van der Waals surface area contributed by atoms with Gasteiger partial charge in [-0.25, -0.2) is 4.98 Å². The monoisotopic (exact) mass is 377 g/mol. The smallest absolute Gasteiger partial charge is 0.251 e. The Kier molecular flexibility index (Phi) is 5.45. The van der Waals surface area contributed by atoms with Gasteiger partial charge in [-0.3, -0.25) is 9.69 Å². The summed E-state index contributed by atoms with van der Waals surface area (Å²) >= 11 is 0. The fraction of sp³-hybridized carbons (Fsp3) is 0.500. The third kappa shape index (κ3) is 3.67. The Morgan fingerprint density at radius 2 is 2.04 bits per heavy atom. The molecule has 1 saturated carbocycles. The van der Waals surface area contributed by atoms with E-state index in [0.717, 1.165) is 62.4 Å². The first kappa shape index (κ1) is 18.7. The predicted molar refractivity (Wildman–Crippen MR) is 110 cm³/mol. The Balaban J connectivity index is 1.37. The zero-order valence-corrected chi connectivity index (χ0v) is 16.4. The number of nitrogens with zero attached hydrogens (tertiary/aromatic N) is 4. The number of aryl methyl sites for hydroxylation is 1. The number of nitrogens with one attached hydrogen (secondary N) is 1. The molecule has 1 unspecified atom stereocenters. The molecule has 28 heavy (non-hydrogen) atoms. The summed E-state index contributed by atoms with van der Waals surface area (Å²) in [6.07, 6.45) is 5.87. The van der Waals surface area contributed by atoms with Crippen LogP contribution in [0.4, 0.5) is 5.69 Å². The minimum Gasteiger partial charge on any atom is -0.367 e. The van der Waals surface area contributed by atoms with Crippen molar-refractivity contribution in [3.8, 4) is 6.07 Å². The molecular weight excluding hydrogens is 350 g/mol. The quantitative estimate of drug-likeness (QED) is 0.886. The maximum absolute atomic E-state index is 12.1. The Hall–Kier alpha value is -2.65. The van der Waals surface area contributed by atoms with E-state index in [1.165, 1.54) is 6.42 Å². The molecule has 2 aromatic heterocycles. The fourth-order valence-corrected chi connectivity index (χ4v) is 4.67. The summed E-state index contributed by atoms with van der Waals surface area (Å²) in [7, 11) is 0. The lowest BCUT2D eigenvalue weighted by Gasteiger charge is -2.39. The average Bonchev–Trinajstić information content (AvgIpc) is 3.24. The molecule has 4 rings (SSSR count). The van der Waals surface area contributed by atoms with E-state index in [9.17, 15) is 10.1 Å². The van der Waals surface area contributed by atoms with Crippen LogP contribution in [0.5, 0.6) is 0 Å². The molecule has 1 aliphatic heterocycles. The molecule has 146 valence electrons. The highest BCUT2D eigenvalue weighted by atomic mass is 16.1. The van der Waals surface area contributed by atoms with Gasteiger partial charge >= 0.3 is 0 Å². The van der Waals surface area contributed by atoms with Gasteiger partial charge in [-0.05, 0) is 43.9 Å². The number of hydrogen-bond acceptors (Lipinski definition) is 5. The van der Waals surface area contributed by atoms with Crippen molar-refractivity contribution in [1.82, 2.24) is 14.9 Å². The highest BCUT2D eigenvalue weighted by molar-refractivity contribution is 5.55. The van der Waals surface area contributed by atoms with Crippen molar-refractivity contribution in [2.75, 3.05) is 31.1 Å². The average molecular weight is 377 g/mol. The summed E-state index contributed by atoms with van der Waals surface area (Å²) in [5.41, 5.74) is 3.49. The number of rotatable bonds is 4. The second kappa shape index (κ2) is 8.15. The van der Waals surface area contributed by atoms with Crippen molar-refractivity contribution in [3.05, 3.63) is 57.8 Å². The van der Waals surface area contributed by atoms with E-state index in [-0.39, 0.29) is 5.56 Å². The Bertz CT molecular complexity index is 923. The predicted octanol–water partition coefficient (Wildman–Crippen LogP) is 2.66. The van der Waals surface area contributed by atoms with E-state index in [1.54, 1.807) is 6.20 Å². The van der Waals surface area contributed by atoms with E-state index in [2.05, 4.69) is 31.9 Å². The van der Waals surface area contributed by atoms with Gasteiger partial charge in [0.15, 0.2) is 5.69 Å². The zero-order chi connectivity index (χ0) is 19.5. The first-order chi connectivity index (χ1) is 13.7. The van der Waals surface area contributed by atoms with Crippen LogP contribution in [0.3, 0.4) is 0 Å². The summed E-state index contributed by atoms with van der Waals surface area (Å²) in [6.45, 7) is 5.86. The van der Waals surface area contributed by atoms with Gasteiger partial charge in [0, 0.05) is 55.6 Å². The molecule has 0 radical (unpaired) electrons. The molecule has 6 nitrogen and oxygen atoms in total. The molecule has 0 amide bonds. The molecular formula is C22H27N5O. The molecule has 0 aromatic carbocycles. The van der Waals surface area contributed by atoms with Crippen LogP contribution in [0.2, 0.25) is 0 Å². The summed E-state index contributed by atoms with van der Waals surface area (Å²) in [5, 5.41) is 9.29. The molecule has 0 bridgehead atoms. The number of hydrogen-bond donors (Lipinski definition) is 1. The topological polar surface area (TPSA) is 76.0 Å². The first-order valence-electron chi connectivity index (χ1n) is 10.3. The van der Waals surface area contributed by atoms with Gasteiger partial charge in [-0.2, -0.15) is 5.26 Å². The van der Waals surface area contributed by atoms with Gasteiger partial charge in [-0.15, -0.1) is 0 Å². The first-order valence-corrected chi connectivity index (χ1v) is 10.3. The van der Waals surface area contributed by atoms with E-state index in [4.69, 9.17) is 0 Å². The maximum Gasteiger partial charge on any atom is 0.251 e. The van der Waals surface area contributed by atoms with Crippen LogP contribution in [0.25, 0.3) is 0 Å². The normalized spacial score (nSPS) is 22.9. The van der Waals surface area contributed by atoms with E-state index in [0.29, 0.717) is 17.7 Å². The number of nitriles is 1. The lowest BCUT2D eigenvalue weighted by atomic mass is 10.0. The van der Waals surface area contributed by atoms with E-state index in [1.807, 2.05) is 25.1 Å². The number of anilines is 1. The van der Waals surface area contributed by atoms with Gasteiger partial charge in [0.25, 0.3) is 5.56 Å². The van der Waals surface area contributed by atoms with Gasteiger partial charge in [0.05, 0.1) is 5.69 Å². The zero-order valence-electron chi connectivity index (χ0n) is 16.4. The minimum atomic E-state index is 0.0711. The molecule has 0 spiro atoms. The molecule has 3 heterocycles.